The van der Waals surface area contributed by atoms with E-state index in [9.17, 15) is 8.42 Å². The third kappa shape index (κ3) is 21.1. The Bertz CT molecular complexity index is 1190. The van der Waals surface area contributed by atoms with Crippen molar-refractivity contribution in [2.45, 2.75) is 48.7 Å². The van der Waals surface area contributed by atoms with Gasteiger partial charge in [0.05, 0.1) is 78.4 Å². The van der Waals surface area contributed by atoms with E-state index in [0.29, 0.717) is 64.4 Å². The molecule has 2 aromatic rings. The molecule has 0 fully saturated rings. The zero-order valence-corrected chi connectivity index (χ0v) is 34.9. The molecule has 2 atom stereocenters. The molecule has 0 spiro atoms. The van der Waals surface area contributed by atoms with Crippen LogP contribution in [0.25, 0.3) is 0 Å². The van der Waals surface area contributed by atoms with Gasteiger partial charge >= 0.3 is 0 Å². The summed E-state index contributed by atoms with van der Waals surface area (Å²) in [7, 11) is 9.54. The topological polar surface area (TPSA) is 89.5 Å². The summed E-state index contributed by atoms with van der Waals surface area (Å²) in [6.45, 7) is 10.2. The van der Waals surface area contributed by atoms with Gasteiger partial charge in [-0.3, -0.25) is 0 Å². The van der Waals surface area contributed by atoms with Gasteiger partial charge in [-0.15, -0.1) is 0 Å². The number of nitrogens with zero attached hydrogens (tertiary/aromatic N) is 2. The molecule has 0 aliphatic heterocycles. The Hall–Kier alpha value is -1.55. The maximum atomic E-state index is 13.3. The molecule has 51 heavy (non-hydrogen) atoms. The second-order valence-corrected chi connectivity index (χ2v) is 18.7. The zero-order valence-electron chi connectivity index (χ0n) is 32.5. The predicted octanol–water partition coefficient (Wildman–Crippen LogP) is 5.78. The molecule has 0 radical (unpaired) electrons. The van der Waals surface area contributed by atoms with E-state index in [1.807, 2.05) is 37.4 Å². The van der Waals surface area contributed by atoms with Crippen LogP contribution in [0.15, 0.2) is 58.3 Å². The predicted molar refractivity (Wildman–Crippen MR) is 211 cm³/mol. The van der Waals surface area contributed by atoms with E-state index in [1.54, 1.807) is 48.5 Å². The van der Waals surface area contributed by atoms with E-state index in [-0.39, 0.29) is 22.0 Å². The van der Waals surface area contributed by atoms with E-state index < -0.39 is 9.84 Å². The van der Waals surface area contributed by atoms with Crippen molar-refractivity contribution in [3.63, 3.8) is 0 Å². The highest BCUT2D eigenvalue weighted by molar-refractivity contribution is 7.99. The molecule has 0 aliphatic carbocycles. The van der Waals surface area contributed by atoms with E-state index >= 15 is 0 Å². The van der Waals surface area contributed by atoms with Crippen LogP contribution in [0.4, 0.5) is 0 Å². The quantitative estimate of drug-likeness (QED) is 0.0720. The van der Waals surface area contributed by atoms with Crippen LogP contribution >= 0.6 is 23.5 Å². The lowest BCUT2D eigenvalue weighted by Gasteiger charge is -2.23. The molecule has 0 saturated heterocycles. The van der Waals surface area contributed by atoms with Crippen LogP contribution in [0.5, 0.6) is 11.5 Å². The zero-order chi connectivity index (χ0) is 37.6. The minimum Gasteiger partial charge on any atom is -0.491 e. The van der Waals surface area contributed by atoms with E-state index in [2.05, 4.69) is 42.3 Å². The molecule has 10 nitrogen and oxygen atoms in total. The first kappa shape index (κ1) is 45.6. The molecule has 0 aromatic heterocycles. The molecule has 2 unspecified atom stereocenters. The fourth-order valence-electron chi connectivity index (χ4n) is 4.54. The van der Waals surface area contributed by atoms with Crippen LogP contribution in [0.1, 0.15) is 26.7 Å². The van der Waals surface area contributed by atoms with E-state index in [1.165, 1.54) is 0 Å². The first-order valence-electron chi connectivity index (χ1n) is 18.1. The number of ether oxygens (including phenoxy) is 6. The van der Waals surface area contributed by atoms with Crippen LogP contribution in [0.2, 0.25) is 0 Å². The van der Waals surface area contributed by atoms with Crippen molar-refractivity contribution >= 4 is 33.4 Å². The van der Waals surface area contributed by atoms with Gasteiger partial charge in [-0.1, -0.05) is 0 Å². The van der Waals surface area contributed by atoms with Gasteiger partial charge in [-0.25, -0.2) is 8.42 Å². The van der Waals surface area contributed by atoms with Gasteiger partial charge in [0.25, 0.3) is 0 Å². The summed E-state index contributed by atoms with van der Waals surface area (Å²) in [6, 6.07) is 12.9. The second-order valence-electron chi connectivity index (χ2n) is 14.3. The van der Waals surface area contributed by atoms with Gasteiger partial charge in [0.15, 0.2) is 0 Å². The summed E-state index contributed by atoms with van der Waals surface area (Å²) in [5.41, 5.74) is 0. The molecule has 292 valence electrons. The van der Waals surface area contributed by atoms with Gasteiger partial charge in [-0.2, -0.15) is 23.5 Å². The largest absolute Gasteiger partial charge is 0.491 e. The standard InChI is InChI=1S/C38H66N2O8S3/c1-9-45-35(29-43-23-11-25-49-27-21-39(3,4)5)31-47-33-13-17-37(18-14-33)51(41,42)38-19-15-34(16-20-38)48-32-36(46-10-2)30-44-24-12-26-50-28-22-40(6,7)8/h13-20,35-36H,9-12,21-32H2,1-8H3/q+2. The highest BCUT2D eigenvalue weighted by Gasteiger charge is 2.19. The summed E-state index contributed by atoms with van der Waals surface area (Å²) in [5.74, 6) is 5.57. The molecule has 0 saturated carbocycles. The molecule has 0 heterocycles. The Morgan fingerprint density at radius 2 is 0.941 bits per heavy atom. The van der Waals surface area contributed by atoms with Crippen LogP contribution in [0, 0.1) is 0 Å². The lowest BCUT2D eigenvalue weighted by atomic mass is 10.3. The third-order valence-electron chi connectivity index (χ3n) is 7.52. The summed E-state index contributed by atoms with van der Waals surface area (Å²) >= 11 is 3.92. The van der Waals surface area contributed by atoms with Gasteiger partial charge in [0.2, 0.25) is 9.84 Å². The summed E-state index contributed by atoms with van der Waals surface area (Å²) < 4.78 is 63.8. The van der Waals surface area contributed by atoms with Gasteiger partial charge in [0.1, 0.15) is 36.9 Å². The molecule has 0 N–H and O–H groups in total. The van der Waals surface area contributed by atoms with Crippen molar-refractivity contribution in [3.05, 3.63) is 48.5 Å². The SMILES string of the molecule is CCOC(COCCCSCC[N+](C)(C)C)COc1ccc(S(=O)(=O)c2ccc(OCC(COCCCSCC[N+](C)(C)C)OCC)cc2)cc1. The highest BCUT2D eigenvalue weighted by Crippen LogP contribution is 2.25. The third-order valence-corrected chi connectivity index (χ3v) is 11.4. The summed E-state index contributed by atoms with van der Waals surface area (Å²) in [5, 5.41) is 0. The number of quaternary nitrogens is 2. The van der Waals surface area contributed by atoms with Crippen molar-refractivity contribution < 1.29 is 45.8 Å². The van der Waals surface area contributed by atoms with Crippen molar-refractivity contribution in [3.8, 4) is 11.5 Å². The molecule has 0 bridgehead atoms. The van der Waals surface area contributed by atoms with Crippen molar-refractivity contribution in [1.29, 1.82) is 0 Å². The number of rotatable bonds is 30. The number of hydrogen-bond donors (Lipinski definition) is 0. The first-order chi connectivity index (χ1) is 24.2. The summed E-state index contributed by atoms with van der Waals surface area (Å²) in [4.78, 5) is 0.376. The Labute approximate surface area is 317 Å². The van der Waals surface area contributed by atoms with Gasteiger partial charge < -0.3 is 37.4 Å². The molecule has 2 aromatic carbocycles. The first-order valence-corrected chi connectivity index (χ1v) is 21.9. The maximum Gasteiger partial charge on any atom is 0.206 e. The Morgan fingerprint density at radius 3 is 1.27 bits per heavy atom. The maximum absolute atomic E-state index is 13.3. The fraction of sp³-hybridized carbons (Fsp3) is 0.684. The molecule has 13 heteroatoms. The number of hydrogen-bond acceptors (Lipinski definition) is 10. The normalized spacial score (nSPS) is 13.6. The molecular weight excluding hydrogens is 709 g/mol. The average Bonchev–Trinajstić information content (AvgIpc) is 3.07. The molecular formula is C38H66N2O8S3+2. The minimum atomic E-state index is -3.72. The van der Waals surface area contributed by atoms with Gasteiger partial charge in [-0.05, 0) is 86.7 Å². The van der Waals surface area contributed by atoms with Crippen LogP contribution in [-0.4, -0.2) is 161 Å². The number of benzene rings is 2. The number of sulfone groups is 1. The van der Waals surface area contributed by atoms with E-state index in [0.717, 1.165) is 57.9 Å². The number of thioether (sulfide) groups is 2. The highest BCUT2D eigenvalue weighted by atomic mass is 32.2. The fourth-order valence-corrected chi connectivity index (χ4v) is 8.21. The second kappa shape index (κ2) is 24.7. The van der Waals surface area contributed by atoms with Crippen molar-refractivity contribution in [1.82, 2.24) is 0 Å². The van der Waals surface area contributed by atoms with Crippen molar-refractivity contribution in [2.24, 2.45) is 0 Å². The minimum absolute atomic E-state index is 0.188. The van der Waals surface area contributed by atoms with Crippen LogP contribution in [0.3, 0.4) is 0 Å². The Kier molecular flexibility index (Phi) is 22.1. The van der Waals surface area contributed by atoms with Crippen molar-refractivity contribution in [2.75, 3.05) is 131 Å². The lowest BCUT2D eigenvalue weighted by molar-refractivity contribution is -0.867. The Morgan fingerprint density at radius 1 is 0.569 bits per heavy atom. The monoisotopic (exact) mass is 774 g/mol. The molecule has 2 rings (SSSR count). The summed E-state index contributed by atoms with van der Waals surface area (Å²) in [6.07, 6.45) is 1.57. The molecule has 0 amide bonds. The van der Waals surface area contributed by atoms with Gasteiger partial charge in [0, 0.05) is 37.9 Å². The smallest absolute Gasteiger partial charge is 0.206 e. The average molecular weight is 775 g/mol. The van der Waals surface area contributed by atoms with Crippen LogP contribution < -0.4 is 9.47 Å². The Balaban J connectivity index is 1.76. The van der Waals surface area contributed by atoms with E-state index in [4.69, 9.17) is 28.4 Å². The lowest BCUT2D eigenvalue weighted by Crippen LogP contribution is -2.36. The van der Waals surface area contributed by atoms with Crippen LogP contribution in [-0.2, 0) is 28.8 Å². The molecule has 0 aliphatic rings.